The van der Waals surface area contributed by atoms with Crippen LogP contribution in [-0.4, -0.2) is 43.9 Å². The van der Waals surface area contributed by atoms with Crippen molar-refractivity contribution >= 4 is 29.4 Å². The van der Waals surface area contributed by atoms with Crippen molar-refractivity contribution in [2.24, 2.45) is 5.92 Å². The molecule has 0 bridgehead atoms. The van der Waals surface area contributed by atoms with Crippen LogP contribution in [0.3, 0.4) is 0 Å². The molecule has 3 rings (SSSR count). The van der Waals surface area contributed by atoms with Crippen LogP contribution in [0, 0.1) is 5.92 Å². The van der Waals surface area contributed by atoms with Gasteiger partial charge in [0.1, 0.15) is 0 Å². The van der Waals surface area contributed by atoms with E-state index in [1.54, 1.807) is 23.1 Å². The van der Waals surface area contributed by atoms with Gasteiger partial charge >= 0.3 is 0 Å². The summed E-state index contributed by atoms with van der Waals surface area (Å²) in [5.74, 6) is 1.01. The fourth-order valence-corrected chi connectivity index (χ4v) is 3.80. The van der Waals surface area contributed by atoms with Crippen LogP contribution < -0.4 is 9.47 Å². The number of methoxy groups -OCH3 is 2. The summed E-state index contributed by atoms with van der Waals surface area (Å²) in [6.45, 7) is 1.14. The molecule has 1 amide bonds. The van der Waals surface area contributed by atoms with Crippen LogP contribution in [0.15, 0.2) is 48.5 Å². The number of amides is 1. The van der Waals surface area contributed by atoms with Gasteiger partial charge in [0.2, 0.25) is 5.91 Å². The molecule has 1 saturated heterocycles. The maximum absolute atomic E-state index is 12.6. The molecule has 2 aromatic rings. The first kappa shape index (κ1) is 20.9. The number of hydrogen-bond acceptors (Lipinski definition) is 4. The van der Waals surface area contributed by atoms with E-state index < -0.39 is 0 Å². The van der Waals surface area contributed by atoms with Crippen LogP contribution in [0.5, 0.6) is 11.5 Å². The largest absolute Gasteiger partial charge is 0.493 e. The summed E-state index contributed by atoms with van der Waals surface area (Å²) in [5.41, 5.74) is 1.48. The lowest BCUT2D eigenvalue weighted by molar-refractivity contribution is -0.127. The third kappa shape index (κ3) is 4.98. The molecule has 2 aromatic carbocycles. The van der Waals surface area contributed by atoms with E-state index in [1.807, 2.05) is 30.3 Å². The number of benzene rings is 2. The molecule has 0 atom stereocenters. The van der Waals surface area contributed by atoms with Gasteiger partial charge in [-0.05, 0) is 36.6 Å². The second-order valence-electron chi connectivity index (χ2n) is 6.90. The quantitative estimate of drug-likeness (QED) is 0.517. The lowest BCUT2D eigenvalue weighted by Gasteiger charge is -2.30. The van der Waals surface area contributed by atoms with Crippen molar-refractivity contribution in [2.75, 3.05) is 27.3 Å². The van der Waals surface area contributed by atoms with Gasteiger partial charge in [-0.2, -0.15) is 0 Å². The van der Waals surface area contributed by atoms with Crippen molar-refractivity contribution in [3.05, 3.63) is 64.7 Å². The fourth-order valence-electron chi connectivity index (χ4n) is 3.51. The number of ketones is 1. The minimum Gasteiger partial charge on any atom is -0.493 e. The van der Waals surface area contributed by atoms with Gasteiger partial charge in [-0.25, -0.2) is 0 Å². The van der Waals surface area contributed by atoms with Gasteiger partial charge in [0.05, 0.1) is 19.2 Å². The summed E-state index contributed by atoms with van der Waals surface area (Å²) in [5, 5.41) is 0.416. The molecule has 0 unspecified atom stereocenters. The molecule has 0 N–H and O–H groups in total. The van der Waals surface area contributed by atoms with Crippen molar-refractivity contribution in [1.82, 2.24) is 4.90 Å². The number of carbonyl (C=O) groups excluding carboxylic acids is 2. The van der Waals surface area contributed by atoms with Crippen LogP contribution in [0.2, 0.25) is 5.02 Å². The number of piperidine rings is 1. The Balaban J connectivity index is 1.60. The highest BCUT2D eigenvalue weighted by atomic mass is 35.5. The second-order valence-corrected chi connectivity index (χ2v) is 7.31. The molecular formula is C23H24ClNO4. The van der Waals surface area contributed by atoms with E-state index in [4.69, 9.17) is 21.1 Å². The number of Topliss-reactive ketones (excluding diaryl/α,β-unsaturated/α-hetero) is 1. The Morgan fingerprint density at radius 3 is 2.38 bits per heavy atom. The summed E-state index contributed by atoms with van der Waals surface area (Å²) < 4.78 is 10.5. The molecule has 0 aromatic heterocycles. The predicted molar refractivity (Wildman–Crippen MR) is 114 cm³/mol. The highest BCUT2D eigenvalue weighted by molar-refractivity contribution is 6.32. The van der Waals surface area contributed by atoms with Crippen molar-refractivity contribution in [3.8, 4) is 11.5 Å². The van der Waals surface area contributed by atoms with E-state index in [0.29, 0.717) is 42.5 Å². The minimum atomic E-state index is -0.0819. The molecule has 1 fully saturated rings. The molecule has 5 nitrogen and oxygen atoms in total. The molecule has 29 heavy (non-hydrogen) atoms. The zero-order valence-corrected chi connectivity index (χ0v) is 17.3. The van der Waals surface area contributed by atoms with Crippen molar-refractivity contribution in [3.63, 3.8) is 0 Å². The predicted octanol–water partition coefficient (Wildman–Crippen LogP) is 4.49. The van der Waals surface area contributed by atoms with Crippen LogP contribution in [0.25, 0.3) is 6.08 Å². The third-order valence-electron chi connectivity index (χ3n) is 5.11. The van der Waals surface area contributed by atoms with Gasteiger partial charge in [-0.15, -0.1) is 0 Å². The first-order valence-corrected chi connectivity index (χ1v) is 9.89. The molecule has 0 radical (unpaired) electrons. The lowest BCUT2D eigenvalue weighted by atomic mass is 9.89. The number of nitrogens with zero attached hydrogens (tertiary/aromatic N) is 1. The highest BCUT2D eigenvalue weighted by Gasteiger charge is 2.27. The zero-order chi connectivity index (χ0) is 20.8. The molecule has 1 aliphatic heterocycles. The number of halogens is 1. The van der Waals surface area contributed by atoms with Crippen LogP contribution in [-0.2, 0) is 4.79 Å². The van der Waals surface area contributed by atoms with Crippen molar-refractivity contribution < 1.29 is 19.1 Å². The maximum atomic E-state index is 12.6. The van der Waals surface area contributed by atoms with Crippen molar-refractivity contribution in [2.45, 2.75) is 12.8 Å². The number of likely N-dealkylation sites (tertiary alicyclic amines) is 1. The van der Waals surface area contributed by atoms with E-state index in [2.05, 4.69) is 0 Å². The smallest absolute Gasteiger partial charge is 0.246 e. The van der Waals surface area contributed by atoms with Gasteiger partial charge < -0.3 is 14.4 Å². The number of rotatable bonds is 6. The Morgan fingerprint density at radius 2 is 1.76 bits per heavy atom. The van der Waals surface area contributed by atoms with E-state index in [-0.39, 0.29) is 17.6 Å². The maximum Gasteiger partial charge on any atom is 0.246 e. The molecule has 1 aliphatic rings. The molecule has 152 valence electrons. The van der Waals surface area contributed by atoms with Crippen molar-refractivity contribution in [1.29, 1.82) is 0 Å². The number of ether oxygens (including phenoxy) is 2. The summed E-state index contributed by atoms with van der Waals surface area (Å²) in [4.78, 5) is 26.9. The monoisotopic (exact) mass is 413 g/mol. The molecule has 0 saturated carbocycles. The summed E-state index contributed by atoms with van der Waals surface area (Å²) in [6.07, 6.45) is 4.58. The summed E-state index contributed by atoms with van der Waals surface area (Å²) >= 11 is 6.21. The van der Waals surface area contributed by atoms with Gasteiger partial charge in [-0.1, -0.05) is 41.9 Å². The van der Waals surface area contributed by atoms with E-state index >= 15 is 0 Å². The number of carbonyl (C=O) groups is 2. The van der Waals surface area contributed by atoms with Gasteiger partial charge in [0.15, 0.2) is 17.3 Å². The Morgan fingerprint density at radius 1 is 1.07 bits per heavy atom. The average Bonchev–Trinajstić information content (AvgIpc) is 2.77. The molecule has 0 spiro atoms. The highest BCUT2D eigenvalue weighted by Crippen LogP contribution is 2.36. The second kappa shape index (κ2) is 9.61. The Bertz CT molecular complexity index is 903. The Labute approximate surface area is 175 Å². The number of hydrogen-bond donors (Lipinski definition) is 0. The van der Waals surface area contributed by atoms with Gasteiger partial charge in [0, 0.05) is 30.6 Å². The third-order valence-corrected chi connectivity index (χ3v) is 5.39. The molecule has 6 heteroatoms. The SMILES string of the molecule is COc1cc(C=CC(=O)N2CCC(C(=O)c3ccccc3)CC2)cc(Cl)c1OC. The lowest BCUT2D eigenvalue weighted by Crippen LogP contribution is -2.39. The first-order chi connectivity index (χ1) is 14.0. The van der Waals surface area contributed by atoms with Crippen LogP contribution >= 0.6 is 11.6 Å². The fraction of sp³-hybridized carbons (Fsp3) is 0.304. The first-order valence-electron chi connectivity index (χ1n) is 9.51. The van der Waals surface area contributed by atoms with Crippen LogP contribution in [0.1, 0.15) is 28.8 Å². The molecular weight excluding hydrogens is 390 g/mol. The Hall–Kier alpha value is -2.79. The topological polar surface area (TPSA) is 55.8 Å². The Kier molecular flexibility index (Phi) is 6.94. The zero-order valence-electron chi connectivity index (χ0n) is 16.6. The van der Waals surface area contributed by atoms with E-state index in [1.165, 1.54) is 20.3 Å². The van der Waals surface area contributed by atoms with Gasteiger partial charge in [-0.3, -0.25) is 9.59 Å². The van der Waals surface area contributed by atoms with Gasteiger partial charge in [0.25, 0.3) is 0 Å². The van der Waals surface area contributed by atoms with E-state index in [0.717, 1.165) is 11.1 Å². The average molecular weight is 414 g/mol. The molecule has 1 heterocycles. The minimum absolute atomic E-state index is 0.0323. The van der Waals surface area contributed by atoms with Crippen LogP contribution in [0.4, 0.5) is 0 Å². The standard InChI is InChI=1S/C23H24ClNO4/c1-28-20-15-16(14-19(24)23(20)29-2)8-9-21(26)25-12-10-18(11-13-25)22(27)17-6-4-3-5-7-17/h3-9,14-15,18H,10-13H2,1-2H3. The summed E-state index contributed by atoms with van der Waals surface area (Å²) in [6, 6.07) is 12.8. The molecule has 0 aliphatic carbocycles. The normalized spacial score (nSPS) is 14.8. The summed E-state index contributed by atoms with van der Waals surface area (Å²) in [7, 11) is 3.06. The van der Waals surface area contributed by atoms with E-state index in [9.17, 15) is 9.59 Å².